The molecule has 2 aromatic rings. The van der Waals surface area contributed by atoms with Crippen molar-refractivity contribution >= 4 is 27.9 Å². The van der Waals surface area contributed by atoms with E-state index in [-0.39, 0.29) is 5.78 Å². The standard InChI is InChI=1S/C15H16O3S2/c1-18-13-7-2-3-9-15(13)20(17)11-5-6-12(16)14-8-4-10-19-14/h2-4,7-10H,5-6,11H2,1H3. The summed E-state index contributed by atoms with van der Waals surface area (Å²) in [5.74, 6) is 1.23. The van der Waals surface area contributed by atoms with Gasteiger partial charge < -0.3 is 4.74 Å². The highest BCUT2D eigenvalue weighted by Gasteiger charge is 2.11. The Hall–Kier alpha value is -1.46. The highest BCUT2D eigenvalue weighted by Crippen LogP contribution is 2.22. The van der Waals surface area contributed by atoms with Gasteiger partial charge in [0.15, 0.2) is 5.78 Å². The van der Waals surface area contributed by atoms with Crippen LogP contribution in [0.2, 0.25) is 0 Å². The number of Topliss-reactive ketones (excluding diaryl/α,β-unsaturated/α-hetero) is 1. The van der Waals surface area contributed by atoms with Gasteiger partial charge in [0.05, 0.1) is 27.7 Å². The third-order valence-electron chi connectivity index (χ3n) is 2.84. The Balaban J connectivity index is 1.88. The first-order valence-corrected chi connectivity index (χ1v) is 8.50. The van der Waals surface area contributed by atoms with Crippen LogP contribution in [0.4, 0.5) is 0 Å². The summed E-state index contributed by atoms with van der Waals surface area (Å²) in [5, 5.41) is 1.89. The number of thiophene rings is 1. The summed E-state index contributed by atoms with van der Waals surface area (Å²) in [4.78, 5) is 13.3. The van der Waals surface area contributed by atoms with Gasteiger partial charge in [-0.2, -0.15) is 0 Å². The number of ether oxygens (including phenoxy) is 1. The van der Waals surface area contributed by atoms with Crippen molar-refractivity contribution in [3.63, 3.8) is 0 Å². The summed E-state index contributed by atoms with van der Waals surface area (Å²) in [6.07, 6.45) is 1.04. The fraction of sp³-hybridized carbons (Fsp3) is 0.267. The highest BCUT2D eigenvalue weighted by atomic mass is 32.2. The van der Waals surface area contributed by atoms with E-state index in [1.807, 2.05) is 29.6 Å². The number of ketones is 1. The van der Waals surface area contributed by atoms with Crippen LogP contribution in [-0.4, -0.2) is 22.9 Å². The lowest BCUT2D eigenvalue weighted by Crippen LogP contribution is -2.04. The Morgan fingerprint density at radius 1 is 1.25 bits per heavy atom. The molecule has 0 fully saturated rings. The van der Waals surface area contributed by atoms with Crippen LogP contribution in [0.5, 0.6) is 5.75 Å². The fourth-order valence-corrected chi connectivity index (χ4v) is 3.77. The third kappa shape index (κ3) is 3.77. The lowest BCUT2D eigenvalue weighted by molar-refractivity contribution is 0.0986. The second-order valence-electron chi connectivity index (χ2n) is 4.20. The molecule has 0 N–H and O–H groups in total. The van der Waals surface area contributed by atoms with Crippen molar-refractivity contribution in [3.05, 3.63) is 46.7 Å². The molecular weight excluding hydrogens is 292 g/mol. The zero-order valence-corrected chi connectivity index (χ0v) is 12.8. The van der Waals surface area contributed by atoms with Crippen molar-refractivity contribution in [2.24, 2.45) is 0 Å². The summed E-state index contributed by atoms with van der Waals surface area (Å²) in [6.45, 7) is 0. The van der Waals surface area contributed by atoms with Gasteiger partial charge in [-0.25, -0.2) is 0 Å². The predicted molar refractivity (Wildman–Crippen MR) is 82.2 cm³/mol. The Bertz CT molecular complexity index is 591. The summed E-state index contributed by atoms with van der Waals surface area (Å²) in [5.41, 5.74) is 0. The summed E-state index contributed by atoms with van der Waals surface area (Å²) in [6, 6.07) is 11.0. The molecule has 0 aliphatic heterocycles. The summed E-state index contributed by atoms with van der Waals surface area (Å²) < 4.78 is 17.4. The lowest BCUT2D eigenvalue weighted by atomic mass is 10.2. The van der Waals surface area contributed by atoms with Crippen molar-refractivity contribution in [3.8, 4) is 5.75 Å². The molecule has 0 saturated carbocycles. The Kier molecular flexibility index (Phi) is 5.49. The molecule has 0 spiro atoms. The van der Waals surface area contributed by atoms with Gasteiger partial charge in [0.25, 0.3) is 0 Å². The lowest BCUT2D eigenvalue weighted by Gasteiger charge is -2.07. The van der Waals surface area contributed by atoms with Crippen LogP contribution in [0.1, 0.15) is 22.5 Å². The normalized spacial score (nSPS) is 12.1. The molecule has 1 atom stereocenters. The van der Waals surface area contributed by atoms with Gasteiger partial charge in [-0.3, -0.25) is 9.00 Å². The van der Waals surface area contributed by atoms with Crippen LogP contribution in [0.25, 0.3) is 0 Å². The molecule has 3 nitrogen and oxygen atoms in total. The Labute approximate surface area is 125 Å². The molecule has 20 heavy (non-hydrogen) atoms. The summed E-state index contributed by atoms with van der Waals surface area (Å²) >= 11 is 1.45. The van der Waals surface area contributed by atoms with E-state index in [0.29, 0.717) is 29.2 Å². The predicted octanol–water partition coefficient (Wildman–Crippen LogP) is 3.53. The molecule has 0 saturated heterocycles. The van der Waals surface area contributed by atoms with E-state index in [2.05, 4.69) is 0 Å². The van der Waals surface area contributed by atoms with Crippen LogP contribution < -0.4 is 4.74 Å². The van der Waals surface area contributed by atoms with Crippen LogP contribution in [0, 0.1) is 0 Å². The van der Waals surface area contributed by atoms with Crippen molar-refractivity contribution < 1.29 is 13.7 Å². The SMILES string of the molecule is COc1ccccc1S(=O)CCCC(=O)c1cccs1. The largest absolute Gasteiger partial charge is 0.495 e. The molecule has 1 aromatic carbocycles. The van der Waals surface area contributed by atoms with Gasteiger partial charge in [-0.15, -0.1) is 11.3 Å². The first-order valence-electron chi connectivity index (χ1n) is 6.30. The average Bonchev–Trinajstić information content (AvgIpc) is 3.01. The van der Waals surface area contributed by atoms with E-state index in [4.69, 9.17) is 4.74 Å². The molecule has 5 heteroatoms. The molecular formula is C15H16O3S2. The number of benzene rings is 1. The van der Waals surface area contributed by atoms with Gasteiger partial charge in [0.1, 0.15) is 5.75 Å². The summed E-state index contributed by atoms with van der Waals surface area (Å²) in [7, 11) is 0.434. The zero-order valence-electron chi connectivity index (χ0n) is 11.2. The maximum atomic E-state index is 12.2. The van der Waals surface area contributed by atoms with E-state index in [9.17, 15) is 9.00 Å². The van der Waals surface area contributed by atoms with Crippen LogP contribution >= 0.6 is 11.3 Å². The average molecular weight is 308 g/mol. The second-order valence-corrected chi connectivity index (χ2v) is 6.69. The number of carbonyl (C=O) groups excluding carboxylic acids is 1. The molecule has 0 amide bonds. The maximum Gasteiger partial charge on any atom is 0.172 e. The molecule has 1 aromatic heterocycles. The monoisotopic (exact) mass is 308 g/mol. The van der Waals surface area contributed by atoms with Gasteiger partial charge in [0, 0.05) is 12.2 Å². The van der Waals surface area contributed by atoms with E-state index in [0.717, 1.165) is 4.88 Å². The number of hydrogen-bond acceptors (Lipinski definition) is 4. The van der Waals surface area contributed by atoms with Crippen LogP contribution in [-0.2, 0) is 10.8 Å². The highest BCUT2D eigenvalue weighted by molar-refractivity contribution is 7.85. The molecule has 0 aliphatic carbocycles. The number of para-hydroxylation sites is 1. The Morgan fingerprint density at radius 2 is 2.05 bits per heavy atom. The smallest absolute Gasteiger partial charge is 0.172 e. The van der Waals surface area contributed by atoms with E-state index in [1.54, 1.807) is 19.2 Å². The van der Waals surface area contributed by atoms with E-state index < -0.39 is 10.8 Å². The zero-order chi connectivity index (χ0) is 14.4. The molecule has 0 bridgehead atoms. The molecule has 0 aliphatic rings. The van der Waals surface area contributed by atoms with Crippen LogP contribution in [0.3, 0.4) is 0 Å². The number of hydrogen-bond donors (Lipinski definition) is 0. The van der Waals surface area contributed by atoms with Crippen molar-refractivity contribution in [2.75, 3.05) is 12.9 Å². The van der Waals surface area contributed by atoms with Crippen LogP contribution in [0.15, 0.2) is 46.7 Å². The van der Waals surface area contributed by atoms with Gasteiger partial charge in [-0.05, 0) is 30.0 Å². The minimum atomic E-state index is -1.13. The minimum Gasteiger partial charge on any atom is -0.495 e. The van der Waals surface area contributed by atoms with Crippen molar-refractivity contribution in [1.82, 2.24) is 0 Å². The van der Waals surface area contributed by atoms with Crippen molar-refractivity contribution in [2.45, 2.75) is 17.7 Å². The molecule has 0 radical (unpaired) electrons. The quantitative estimate of drug-likeness (QED) is 0.735. The third-order valence-corrected chi connectivity index (χ3v) is 5.24. The number of carbonyl (C=O) groups is 1. The van der Waals surface area contributed by atoms with Gasteiger partial charge >= 0.3 is 0 Å². The first-order chi connectivity index (χ1) is 9.72. The van der Waals surface area contributed by atoms with E-state index >= 15 is 0 Å². The Morgan fingerprint density at radius 3 is 2.75 bits per heavy atom. The molecule has 1 unspecified atom stereocenters. The first kappa shape index (κ1) is 14.9. The van der Waals surface area contributed by atoms with Crippen molar-refractivity contribution in [1.29, 1.82) is 0 Å². The maximum absolute atomic E-state index is 12.2. The molecule has 106 valence electrons. The van der Waals surface area contributed by atoms with E-state index in [1.165, 1.54) is 11.3 Å². The number of rotatable bonds is 7. The fourth-order valence-electron chi connectivity index (χ4n) is 1.84. The number of methoxy groups -OCH3 is 1. The second kappa shape index (κ2) is 7.36. The molecule has 1 heterocycles. The minimum absolute atomic E-state index is 0.122. The molecule has 2 rings (SSSR count). The van der Waals surface area contributed by atoms with Gasteiger partial charge in [-0.1, -0.05) is 18.2 Å². The topological polar surface area (TPSA) is 43.4 Å². The van der Waals surface area contributed by atoms with Gasteiger partial charge in [0.2, 0.25) is 0 Å².